The molecule has 2 heterocycles. The molecule has 0 amide bonds. The summed E-state index contributed by atoms with van der Waals surface area (Å²) in [5.41, 5.74) is 11.9. The first-order valence-corrected chi connectivity index (χ1v) is 11.2. The molecule has 0 unspecified atom stereocenters. The Labute approximate surface area is 195 Å². The lowest BCUT2D eigenvalue weighted by Gasteiger charge is -2.10. The molecule has 0 fully saturated rings. The van der Waals surface area contributed by atoms with Gasteiger partial charge in [0, 0.05) is 28.5 Å². The van der Waals surface area contributed by atoms with Gasteiger partial charge in [0.05, 0.1) is 19.0 Å². The summed E-state index contributed by atoms with van der Waals surface area (Å²) in [6.45, 7) is 0.682. The lowest BCUT2D eigenvalue weighted by atomic mass is 10.1. The third kappa shape index (κ3) is 5.41. The first kappa shape index (κ1) is 24.4. The first-order chi connectivity index (χ1) is 16.1. The van der Waals surface area contributed by atoms with Crippen LogP contribution in [0.15, 0.2) is 59.9 Å². The highest BCUT2D eigenvalue weighted by Gasteiger charge is 2.19. The monoisotopic (exact) mass is 472 g/mol. The van der Waals surface area contributed by atoms with Gasteiger partial charge in [-0.15, -0.1) is 11.8 Å². The van der Waals surface area contributed by atoms with Crippen LogP contribution in [0.2, 0.25) is 0 Å². The van der Waals surface area contributed by atoms with Crippen molar-refractivity contribution in [3.8, 4) is 17.0 Å². The second-order valence-electron chi connectivity index (χ2n) is 6.70. The van der Waals surface area contributed by atoms with Crippen LogP contribution in [-0.2, 0) is 0 Å². The van der Waals surface area contributed by atoms with Crippen LogP contribution in [0.1, 0.15) is 6.42 Å². The van der Waals surface area contributed by atoms with Crippen LogP contribution in [0.3, 0.4) is 0 Å². The molecule has 4 aromatic rings. The molecule has 0 aliphatic heterocycles. The Morgan fingerprint density at radius 3 is 2.52 bits per heavy atom. The minimum atomic E-state index is -1.04. The van der Waals surface area contributed by atoms with Crippen LogP contribution < -0.4 is 21.5 Å². The van der Waals surface area contributed by atoms with Gasteiger partial charge in [0.15, 0.2) is 23.0 Å². The fourth-order valence-electron chi connectivity index (χ4n) is 3.14. The van der Waals surface area contributed by atoms with Gasteiger partial charge in [-0.3, -0.25) is 4.40 Å². The van der Waals surface area contributed by atoms with E-state index in [4.69, 9.17) is 10.5 Å². The van der Waals surface area contributed by atoms with Gasteiger partial charge in [-0.1, -0.05) is 0 Å². The van der Waals surface area contributed by atoms with Gasteiger partial charge in [-0.25, -0.2) is 14.4 Å². The highest BCUT2D eigenvalue weighted by molar-refractivity contribution is 7.99. The average Bonchev–Trinajstić information content (AvgIpc) is 3.28. The van der Waals surface area contributed by atoms with E-state index < -0.39 is 11.6 Å². The van der Waals surface area contributed by atoms with Crippen molar-refractivity contribution in [3.63, 3.8) is 0 Å². The molecule has 0 radical (unpaired) electrons. The van der Waals surface area contributed by atoms with Gasteiger partial charge in [-0.2, -0.15) is 4.39 Å². The maximum Gasteiger partial charge on any atom is 0.201 e. The van der Waals surface area contributed by atoms with Crippen molar-refractivity contribution in [2.75, 3.05) is 31.8 Å². The quantitative estimate of drug-likeness (QED) is 0.257. The maximum atomic E-state index is 14.6. The number of benzene rings is 2. The molecular formula is C23H26F2N6OS. The predicted molar refractivity (Wildman–Crippen MR) is 129 cm³/mol. The Morgan fingerprint density at radius 1 is 1.06 bits per heavy atom. The molecule has 4 rings (SSSR count). The van der Waals surface area contributed by atoms with Crippen molar-refractivity contribution in [3.05, 3.63) is 66.6 Å². The number of nitrogens with two attached hydrogens (primary N) is 2. The smallest absolute Gasteiger partial charge is 0.201 e. The Bertz CT molecular complexity index is 1200. The zero-order valence-corrected chi connectivity index (χ0v) is 19.2. The molecule has 2 aromatic heterocycles. The van der Waals surface area contributed by atoms with E-state index in [2.05, 4.69) is 21.0 Å². The number of nitrogens with one attached hydrogen (secondary N) is 1. The van der Waals surface area contributed by atoms with Crippen LogP contribution in [0.4, 0.5) is 20.3 Å². The standard InChI is InChI=1S/C22H21F2N5OS.CH5N/c1-30-18-8-7-16(19(23)20(18)24)17-13-27-22-21(26-10-11-29(17)22)28-14-3-5-15(6-4-14)31-12-2-9-25;1-2/h3-8,10-11,13H,2,9,12,25H2,1H3,(H,26,28);2H2,1H3. The second-order valence-corrected chi connectivity index (χ2v) is 7.86. The molecule has 174 valence electrons. The molecule has 7 nitrogen and oxygen atoms in total. The van der Waals surface area contributed by atoms with Crippen LogP contribution in [-0.4, -0.2) is 40.8 Å². The van der Waals surface area contributed by atoms with E-state index in [0.717, 1.165) is 22.8 Å². The van der Waals surface area contributed by atoms with Crippen LogP contribution in [0, 0.1) is 11.6 Å². The number of halogens is 2. The van der Waals surface area contributed by atoms with Crippen molar-refractivity contribution in [2.24, 2.45) is 11.5 Å². The molecule has 0 spiro atoms. The third-order valence-electron chi connectivity index (χ3n) is 4.71. The van der Waals surface area contributed by atoms with Crippen LogP contribution in [0.25, 0.3) is 16.9 Å². The van der Waals surface area contributed by atoms with E-state index in [1.807, 2.05) is 24.3 Å². The highest BCUT2D eigenvalue weighted by atomic mass is 32.2. The summed E-state index contributed by atoms with van der Waals surface area (Å²) >= 11 is 1.75. The molecule has 0 saturated heterocycles. The van der Waals surface area contributed by atoms with Gasteiger partial charge in [-0.05, 0) is 62.2 Å². The fraction of sp³-hybridized carbons (Fsp3) is 0.217. The SMILES string of the molecule is CN.COc1ccc(-c2cnc3c(Nc4ccc(SCCCN)cc4)nccn23)c(F)c1F. The number of rotatable bonds is 8. The molecule has 0 aliphatic carbocycles. The Hall–Kier alpha value is -3.21. The normalized spacial score (nSPS) is 10.6. The molecule has 2 aromatic carbocycles. The molecule has 0 aliphatic rings. The number of methoxy groups -OCH3 is 1. The van der Waals surface area contributed by atoms with Gasteiger partial charge in [0.1, 0.15) is 0 Å². The fourth-order valence-corrected chi connectivity index (χ4v) is 4.01. The number of thioether (sulfide) groups is 1. The summed E-state index contributed by atoms with van der Waals surface area (Å²) in [4.78, 5) is 9.89. The lowest BCUT2D eigenvalue weighted by molar-refractivity contribution is 0.372. The summed E-state index contributed by atoms with van der Waals surface area (Å²) in [7, 11) is 2.79. The number of hydrogen-bond donors (Lipinski definition) is 3. The van der Waals surface area contributed by atoms with E-state index in [9.17, 15) is 8.78 Å². The van der Waals surface area contributed by atoms with Crippen molar-refractivity contribution >= 4 is 28.9 Å². The summed E-state index contributed by atoms with van der Waals surface area (Å²) in [5.74, 6) is -0.693. The van der Waals surface area contributed by atoms with E-state index in [-0.39, 0.29) is 11.3 Å². The zero-order chi connectivity index (χ0) is 23.8. The molecule has 10 heteroatoms. The Balaban J connectivity index is 0.00000149. The minimum Gasteiger partial charge on any atom is -0.494 e. The molecular weight excluding hydrogens is 446 g/mol. The number of anilines is 2. The second kappa shape index (κ2) is 11.6. The van der Waals surface area contributed by atoms with Gasteiger partial charge in [0.25, 0.3) is 0 Å². The largest absolute Gasteiger partial charge is 0.494 e. The summed E-state index contributed by atoms with van der Waals surface area (Å²) in [6, 6.07) is 10.8. The number of ether oxygens (including phenoxy) is 1. The number of fused-ring (bicyclic) bond motifs is 1. The number of imidazole rings is 1. The van der Waals surface area contributed by atoms with Crippen LogP contribution >= 0.6 is 11.8 Å². The van der Waals surface area contributed by atoms with E-state index in [0.29, 0.717) is 23.7 Å². The van der Waals surface area contributed by atoms with E-state index in [1.54, 1.807) is 28.6 Å². The lowest BCUT2D eigenvalue weighted by Crippen LogP contribution is -2.00. The van der Waals surface area contributed by atoms with Crippen LogP contribution in [0.5, 0.6) is 5.75 Å². The summed E-state index contributed by atoms with van der Waals surface area (Å²) < 4.78 is 35.3. The third-order valence-corrected chi connectivity index (χ3v) is 5.80. The molecule has 0 saturated carbocycles. The number of aromatic nitrogens is 3. The van der Waals surface area contributed by atoms with E-state index >= 15 is 0 Å². The van der Waals surface area contributed by atoms with Crippen molar-refractivity contribution in [1.82, 2.24) is 14.4 Å². The maximum absolute atomic E-state index is 14.6. The topological polar surface area (TPSA) is 103 Å². The highest BCUT2D eigenvalue weighted by Crippen LogP contribution is 2.31. The molecule has 5 N–H and O–H groups in total. The molecule has 33 heavy (non-hydrogen) atoms. The van der Waals surface area contributed by atoms with Crippen molar-refractivity contribution in [2.45, 2.75) is 11.3 Å². The van der Waals surface area contributed by atoms with Crippen molar-refractivity contribution < 1.29 is 13.5 Å². The van der Waals surface area contributed by atoms with Gasteiger partial charge in [0.2, 0.25) is 5.82 Å². The van der Waals surface area contributed by atoms with Gasteiger partial charge >= 0.3 is 0 Å². The predicted octanol–water partition coefficient (Wildman–Crippen LogP) is 4.44. The van der Waals surface area contributed by atoms with Crippen molar-refractivity contribution in [1.29, 1.82) is 0 Å². The Kier molecular flexibility index (Phi) is 8.58. The van der Waals surface area contributed by atoms with E-state index in [1.165, 1.54) is 32.5 Å². The molecule has 0 atom stereocenters. The summed E-state index contributed by atoms with van der Waals surface area (Å²) in [5, 5.41) is 3.24. The minimum absolute atomic E-state index is 0.0850. The summed E-state index contributed by atoms with van der Waals surface area (Å²) in [6.07, 6.45) is 5.69. The first-order valence-electron chi connectivity index (χ1n) is 10.2. The Morgan fingerprint density at radius 2 is 1.82 bits per heavy atom. The number of hydrogen-bond acceptors (Lipinski definition) is 7. The number of nitrogens with zero attached hydrogens (tertiary/aromatic N) is 3. The molecule has 0 bridgehead atoms. The average molecular weight is 473 g/mol. The zero-order valence-electron chi connectivity index (χ0n) is 18.4. The van der Waals surface area contributed by atoms with Gasteiger partial charge < -0.3 is 21.5 Å².